The van der Waals surface area contributed by atoms with Crippen molar-refractivity contribution < 1.29 is 15.0 Å². The van der Waals surface area contributed by atoms with E-state index in [0.29, 0.717) is 6.42 Å². The van der Waals surface area contributed by atoms with Gasteiger partial charge in [-0.05, 0) is 71.1 Å². The lowest BCUT2D eigenvalue weighted by molar-refractivity contribution is -0.123. The van der Waals surface area contributed by atoms with Crippen LogP contribution >= 0.6 is 0 Å². The Morgan fingerprint density at radius 1 is 0.765 bits per heavy atom. The number of nitrogens with one attached hydrogen (secondary N) is 1. The van der Waals surface area contributed by atoms with Crippen LogP contribution in [0.4, 0.5) is 0 Å². The molecule has 0 aromatic carbocycles. The highest BCUT2D eigenvalue weighted by atomic mass is 16.3. The lowest BCUT2D eigenvalue weighted by atomic mass is 10.1. The molecule has 4 heteroatoms. The molecule has 0 saturated carbocycles. The molecule has 0 heterocycles. The Balaban J connectivity index is 3.89. The van der Waals surface area contributed by atoms with Gasteiger partial charge in [0.15, 0.2) is 0 Å². The zero-order chi connectivity index (χ0) is 25.1. The minimum absolute atomic E-state index is 0.117. The van der Waals surface area contributed by atoms with Gasteiger partial charge < -0.3 is 15.5 Å². The van der Waals surface area contributed by atoms with Gasteiger partial charge in [0.1, 0.15) is 0 Å². The summed E-state index contributed by atoms with van der Waals surface area (Å²) < 4.78 is 0. The Kier molecular flexibility index (Phi) is 23.8. The predicted octanol–water partition coefficient (Wildman–Crippen LogP) is 6.88. The van der Waals surface area contributed by atoms with Gasteiger partial charge in [-0.25, -0.2) is 0 Å². The Morgan fingerprint density at radius 3 is 2.00 bits per heavy atom. The highest BCUT2D eigenvalue weighted by Crippen LogP contribution is 2.06. The third-order valence-electron chi connectivity index (χ3n) is 5.25. The van der Waals surface area contributed by atoms with Crippen molar-refractivity contribution in [1.29, 1.82) is 0 Å². The quantitative estimate of drug-likeness (QED) is 0.126. The number of hydrogen-bond donors (Lipinski definition) is 3. The third-order valence-corrected chi connectivity index (χ3v) is 5.25. The van der Waals surface area contributed by atoms with E-state index in [-0.39, 0.29) is 12.5 Å². The number of carbonyl (C=O) groups is 1. The lowest BCUT2D eigenvalue weighted by Crippen LogP contribution is -2.45. The summed E-state index contributed by atoms with van der Waals surface area (Å²) in [6.07, 6.45) is 35.6. The molecule has 3 N–H and O–H groups in total. The molecule has 0 spiro atoms. The average molecular weight is 472 g/mol. The van der Waals surface area contributed by atoms with Crippen molar-refractivity contribution in [3.63, 3.8) is 0 Å². The van der Waals surface area contributed by atoms with Crippen molar-refractivity contribution in [3.8, 4) is 0 Å². The molecule has 1 amide bonds. The van der Waals surface area contributed by atoms with Crippen molar-refractivity contribution in [1.82, 2.24) is 5.32 Å². The molecule has 192 valence electrons. The first-order chi connectivity index (χ1) is 16.7. The summed E-state index contributed by atoms with van der Waals surface area (Å²) in [7, 11) is 0. The summed E-state index contributed by atoms with van der Waals surface area (Å²) in [6.45, 7) is 3.88. The van der Waals surface area contributed by atoms with Gasteiger partial charge in [0.05, 0.1) is 18.8 Å². The first kappa shape index (κ1) is 31.8. The van der Waals surface area contributed by atoms with Crippen molar-refractivity contribution in [2.24, 2.45) is 0 Å². The predicted molar refractivity (Wildman–Crippen MR) is 147 cm³/mol. The molecule has 0 rings (SSSR count). The summed E-state index contributed by atoms with van der Waals surface area (Å²) >= 11 is 0. The molecule has 4 nitrogen and oxygen atoms in total. The molecular formula is C30H49NO3. The maximum Gasteiger partial charge on any atom is 0.220 e. The standard InChI is InChI=1S/C30H49NO3/c1-3-5-7-9-11-13-14-15-16-18-20-22-24-26-30(34)31-28(27-32)29(33)25-23-21-19-17-12-10-8-6-4-2/h4-7,11-13,15-17,23,25,28-29,32-33H,3,8-10,14,18-22,24,26-27H2,1-2H3,(H,31,34)/b6-4+,7-5-,13-11-,16-15-,17-12+,25-23+. The zero-order valence-electron chi connectivity index (χ0n) is 21.6. The SMILES string of the molecule is C/C=C/CC/C=C/CC/C=C/C(O)C(CO)NC(=O)CCCCC/C=C\C/C=C\C/C=C\CC. The van der Waals surface area contributed by atoms with Crippen LogP contribution in [0.5, 0.6) is 0 Å². The number of hydrogen-bond acceptors (Lipinski definition) is 3. The number of rotatable bonds is 21. The number of allylic oxidation sites excluding steroid dienone is 11. The van der Waals surface area contributed by atoms with Gasteiger partial charge in [-0.2, -0.15) is 0 Å². The van der Waals surface area contributed by atoms with Crippen molar-refractivity contribution in [3.05, 3.63) is 72.9 Å². The van der Waals surface area contributed by atoms with E-state index in [0.717, 1.165) is 70.6 Å². The summed E-state index contributed by atoms with van der Waals surface area (Å²) in [5, 5.41) is 22.5. The molecule has 2 atom stereocenters. The molecule has 0 aliphatic rings. The number of unbranched alkanes of at least 4 members (excludes halogenated alkanes) is 5. The highest BCUT2D eigenvalue weighted by molar-refractivity contribution is 5.76. The van der Waals surface area contributed by atoms with Crippen LogP contribution in [0, 0.1) is 0 Å². The number of aliphatic hydroxyl groups excluding tert-OH is 2. The Labute approximate surface area is 208 Å². The van der Waals surface area contributed by atoms with E-state index in [1.165, 1.54) is 0 Å². The second kappa shape index (κ2) is 25.5. The second-order valence-corrected chi connectivity index (χ2v) is 8.36. The van der Waals surface area contributed by atoms with Crippen LogP contribution in [-0.2, 0) is 4.79 Å². The Bertz CT molecular complexity index is 643. The fourth-order valence-corrected chi connectivity index (χ4v) is 3.23. The fourth-order valence-electron chi connectivity index (χ4n) is 3.23. The second-order valence-electron chi connectivity index (χ2n) is 8.36. The van der Waals surface area contributed by atoms with Crippen LogP contribution in [0.25, 0.3) is 0 Å². The van der Waals surface area contributed by atoms with Crippen LogP contribution < -0.4 is 5.32 Å². The molecule has 34 heavy (non-hydrogen) atoms. The molecule has 0 aliphatic heterocycles. The minimum Gasteiger partial charge on any atom is -0.394 e. The number of carbonyl (C=O) groups excluding carboxylic acids is 1. The normalized spacial score (nSPS) is 14.6. The topological polar surface area (TPSA) is 69.6 Å². The van der Waals surface area contributed by atoms with Gasteiger partial charge in [0.25, 0.3) is 0 Å². The summed E-state index contributed by atoms with van der Waals surface area (Å²) in [5.74, 6) is -0.117. The molecule has 0 aliphatic carbocycles. The molecule has 0 radical (unpaired) electrons. The Morgan fingerprint density at radius 2 is 1.35 bits per heavy atom. The molecule has 0 fully saturated rings. The van der Waals surface area contributed by atoms with Crippen LogP contribution in [-0.4, -0.2) is 34.9 Å². The van der Waals surface area contributed by atoms with Crippen molar-refractivity contribution in [2.75, 3.05) is 6.61 Å². The minimum atomic E-state index is -0.880. The number of amides is 1. The van der Waals surface area contributed by atoms with E-state index < -0.39 is 12.1 Å². The van der Waals surface area contributed by atoms with E-state index in [1.807, 2.05) is 13.0 Å². The molecule has 2 unspecified atom stereocenters. The van der Waals surface area contributed by atoms with Gasteiger partial charge in [0.2, 0.25) is 5.91 Å². The monoisotopic (exact) mass is 471 g/mol. The molecular weight excluding hydrogens is 422 g/mol. The lowest BCUT2D eigenvalue weighted by Gasteiger charge is -2.19. The smallest absolute Gasteiger partial charge is 0.220 e. The Hall–Kier alpha value is -2.17. The first-order valence-corrected chi connectivity index (χ1v) is 13.1. The fraction of sp³-hybridized carbons (Fsp3) is 0.567. The van der Waals surface area contributed by atoms with Gasteiger partial charge >= 0.3 is 0 Å². The van der Waals surface area contributed by atoms with Gasteiger partial charge in [-0.1, -0.05) is 86.3 Å². The molecule has 0 aromatic heterocycles. The highest BCUT2D eigenvalue weighted by Gasteiger charge is 2.17. The van der Waals surface area contributed by atoms with E-state index >= 15 is 0 Å². The summed E-state index contributed by atoms with van der Waals surface area (Å²) in [6, 6.07) is -0.659. The zero-order valence-corrected chi connectivity index (χ0v) is 21.6. The van der Waals surface area contributed by atoms with E-state index in [4.69, 9.17) is 0 Å². The van der Waals surface area contributed by atoms with Crippen LogP contribution in [0.2, 0.25) is 0 Å². The van der Waals surface area contributed by atoms with Crippen molar-refractivity contribution in [2.45, 2.75) is 103 Å². The maximum atomic E-state index is 12.1. The first-order valence-electron chi connectivity index (χ1n) is 13.1. The summed E-state index contributed by atoms with van der Waals surface area (Å²) in [4.78, 5) is 12.1. The van der Waals surface area contributed by atoms with E-state index in [9.17, 15) is 15.0 Å². The maximum absolute atomic E-state index is 12.1. The average Bonchev–Trinajstić information content (AvgIpc) is 2.84. The van der Waals surface area contributed by atoms with Crippen molar-refractivity contribution >= 4 is 5.91 Å². The van der Waals surface area contributed by atoms with E-state index in [2.05, 4.69) is 73.0 Å². The van der Waals surface area contributed by atoms with Gasteiger partial charge in [-0.15, -0.1) is 0 Å². The molecule has 0 bridgehead atoms. The largest absolute Gasteiger partial charge is 0.394 e. The van der Waals surface area contributed by atoms with Crippen LogP contribution in [0.1, 0.15) is 90.9 Å². The van der Waals surface area contributed by atoms with Gasteiger partial charge in [0, 0.05) is 6.42 Å². The van der Waals surface area contributed by atoms with Crippen LogP contribution in [0.3, 0.4) is 0 Å². The molecule has 0 aromatic rings. The number of aliphatic hydroxyl groups is 2. The molecule has 0 saturated heterocycles. The van der Waals surface area contributed by atoms with Crippen LogP contribution in [0.15, 0.2) is 72.9 Å². The third kappa shape index (κ3) is 21.7. The van der Waals surface area contributed by atoms with E-state index in [1.54, 1.807) is 6.08 Å². The summed E-state index contributed by atoms with van der Waals surface area (Å²) in [5.41, 5.74) is 0. The van der Waals surface area contributed by atoms with Gasteiger partial charge in [-0.3, -0.25) is 4.79 Å².